The van der Waals surface area contributed by atoms with E-state index in [1.807, 2.05) is 11.5 Å². The lowest BCUT2D eigenvalue weighted by Gasteiger charge is -2.32. The molecule has 0 radical (unpaired) electrons. The molecule has 27 heavy (non-hydrogen) atoms. The molecule has 3 rings (SSSR count). The Morgan fingerprint density at radius 2 is 1.89 bits per heavy atom. The van der Waals surface area contributed by atoms with E-state index < -0.39 is 0 Å². The summed E-state index contributed by atoms with van der Waals surface area (Å²) in [5.41, 5.74) is 4.02. The van der Waals surface area contributed by atoms with E-state index in [1.54, 1.807) is 0 Å². The molecule has 1 saturated heterocycles. The van der Waals surface area contributed by atoms with Crippen LogP contribution in [0.5, 0.6) is 0 Å². The molecular weight excluding hydrogens is 336 g/mol. The summed E-state index contributed by atoms with van der Waals surface area (Å²) >= 11 is 0. The van der Waals surface area contributed by atoms with Crippen molar-refractivity contribution < 1.29 is 4.42 Å². The summed E-state index contributed by atoms with van der Waals surface area (Å²) in [6, 6.07) is 4.21. The highest BCUT2D eigenvalue weighted by atomic mass is 16.4. The van der Waals surface area contributed by atoms with Gasteiger partial charge < -0.3 is 9.32 Å². The lowest BCUT2D eigenvalue weighted by molar-refractivity contribution is 0.173. The highest BCUT2D eigenvalue weighted by Crippen LogP contribution is 2.28. The van der Waals surface area contributed by atoms with E-state index in [0.29, 0.717) is 5.92 Å². The van der Waals surface area contributed by atoms with Crippen molar-refractivity contribution in [3.05, 3.63) is 33.8 Å². The molecule has 0 bridgehead atoms. The molecule has 1 fully saturated rings. The number of rotatable bonds is 8. The molecule has 0 aliphatic carbocycles. The third kappa shape index (κ3) is 4.66. The van der Waals surface area contributed by atoms with E-state index in [-0.39, 0.29) is 5.76 Å². The third-order valence-corrected chi connectivity index (χ3v) is 6.19. The molecule has 2 aromatic rings. The molecule has 1 aliphatic heterocycles. The zero-order valence-corrected chi connectivity index (χ0v) is 17.6. The minimum atomic E-state index is -0.209. The molecule has 2 heterocycles. The van der Waals surface area contributed by atoms with Gasteiger partial charge in [0, 0.05) is 6.54 Å². The molecule has 0 spiro atoms. The van der Waals surface area contributed by atoms with Crippen LogP contribution in [-0.2, 0) is 6.54 Å². The molecule has 4 nitrogen and oxygen atoms in total. The molecule has 0 atom stereocenters. The minimum Gasteiger partial charge on any atom is -0.407 e. The van der Waals surface area contributed by atoms with Crippen molar-refractivity contribution in [2.45, 2.75) is 78.7 Å². The maximum Gasteiger partial charge on any atom is 0.419 e. The maximum absolute atomic E-state index is 12.5. The highest BCUT2D eigenvalue weighted by Gasteiger charge is 2.20. The number of hydrogen-bond acceptors (Lipinski definition) is 3. The van der Waals surface area contributed by atoms with Crippen LogP contribution < -0.4 is 5.76 Å². The van der Waals surface area contributed by atoms with Gasteiger partial charge in [-0.15, -0.1) is 0 Å². The van der Waals surface area contributed by atoms with Gasteiger partial charge in [-0.1, -0.05) is 52.2 Å². The van der Waals surface area contributed by atoms with Crippen LogP contribution in [0.15, 0.2) is 21.3 Å². The van der Waals surface area contributed by atoms with Crippen LogP contribution >= 0.6 is 0 Å². The third-order valence-electron chi connectivity index (χ3n) is 6.19. The number of unbranched alkanes of at least 4 members (excludes halogenated alkanes) is 1. The van der Waals surface area contributed by atoms with Gasteiger partial charge in [-0.2, -0.15) is 0 Å². The van der Waals surface area contributed by atoms with E-state index >= 15 is 0 Å². The SMILES string of the molecule is CCCCC1CCN(CCCn2c(=O)oc3c(C)ccc(C(C)C)c32)CC1. The van der Waals surface area contributed by atoms with Gasteiger partial charge in [0.15, 0.2) is 5.58 Å². The topological polar surface area (TPSA) is 38.4 Å². The van der Waals surface area contributed by atoms with Gasteiger partial charge in [0.25, 0.3) is 0 Å². The maximum atomic E-state index is 12.5. The first-order valence-corrected chi connectivity index (χ1v) is 10.9. The summed E-state index contributed by atoms with van der Waals surface area (Å²) in [6.45, 7) is 12.9. The Kier molecular flexibility index (Phi) is 6.80. The smallest absolute Gasteiger partial charge is 0.407 e. The van der Waals surface area contributed by atoms with Gasteiger partial charge in [-0.05, 0) is 68.8 Å². The van der Waals surface area contributed by atoms with E-state index in [2.05, 4.69) is 37.8 Å². The van der Waals surface area contributed by atoms with Crippen LogP contribution in [0, 0.1) is 12.8 Å². The van der Waals surface area contributed by atoms with Crippen molar-refractivity contribution in [1.29, 1.82) is 0 Å². The van der Waals surface area contributed by atoms with E-state index in [0.717, 1.165) is 42.1 Å². The van der Waals surface area contributed by atoms with Crippen LogP contribution in [0.25, 0.3) is 11.1 Å². The number of likely N-dealkylation sites (tertiary alicyclic amines) is 1. The Hall–Kier alpha value is -1.55. The fourth-order valence-electron chi connectivity index (χ4n) is 4.44. The van der Waals surface area contributed by atoms with Gasteiger partial charge in [0.1, 0.15) is 0 Å². The van der Waals surface area contributed by atoms with Crippen molar-refractivity contribution in [3.8, 4) is 0 Å². The molecule has 150 valence electrons. The monoisotopic (exact) mass is 372 g/mol. The number of piperidine rings is 1. The molecule has 0 amide bonds. The van der Waals surface area contributed by atoms with Crippen molar-refractivity contribution in [2.24, 2.45) is 5.92 Å². The average molecular weight is 373 g/mol. The molecule has 0 unspecified atom stereocenters. The Balaban J connectivity index is 1.62. The molecule has 0 saturated carbocycles. The lowest BCUT2D eigenvalue weighted by atomic mass is 9.91. The van der Waals surface area contributed by atoms with Crippen LogP contribution in [0.2, 0.25) is 0 Å². The van der Waals surface area contributed by atoms with Gasteiger partial charge in [0.2, 0.25) is 0 Å². The Morgan fingerprint density at radius 1 is 1.15 bits per heavy atom. The van der Waals surface area contributed by atoms with Crippen molar-refractivity contribution in [1.82, 2.24) is 9.47 Å². The van der Waals surface area contributed by atoms with Gasteiger partial charge in [-0.3, -0.25) is 4.57 Å². The zero-order valence-electron chi connectivity index (χ0n) is 17.6. The summed E-state index contributed by atoms with van der Waals surface area (Å²) < 4.78 is 7.48. The summed E-state index contributed by atoms with van der Waals surface area (Å²) in [5, 5.41) is 0. The first kappa shape index (κ1) is 20.2. The average Bonchev–Trinajstić information content (AvgIpc) is 2.98. The number of aromatic nitrogens is 1. The van der Waals surface area contributed by atoms with Crippen LogP contribution in [0.3, 0.4) is 0 Å². The molecule has 1 aliphatic rings. The number of benzene rings is 1. The fourth-order valence-corrected chi connectivity index (χ4v) is 4.44. The first-order chi connectivity index (χ1) is 13.0. The highest BCUT2D eigenvalue weighted by molar-refractivity contribution is 5.80. The summed E-state index contributed by atoms with van der Waals surface area (Å²) in [6.07, 6.45) is 7.76. The van der Waals surface area contributed by atoms with Crippen molar-refractivity contribution in [2.75, 3.05) is 19.6 Å². The van der Waals surface area contributed by atoms with Gasteiger partial charge in [0.05, 0.1) is 5.52 Å². The molecule has 0 N–H and O–H groups in total. The summed E-state index contributed by atoms with van der Waals surface area (Å²) in [5.74, 6) is 1.09. The normalized spacial score (nSPS) is 16.6. The number of fused-ring (bicyclic) bond motifs is 1. The minimum absolute atomic E-state index is 0.209. The molecule has 1 aromatic carbocycles. The largest absolute Gasteiger partial charge is 0.419 e. The second kappa shape index (κ2) is 9.09. The molecular formula is C23H36N2O2. The fraction of sp³-hybridized carbons (Fsp3) is 0.696. The standard InChI is InChI=1S/C23H36N2O2/c1-5-6-8-19-11-15-24(16-12-19)13-7-14-25-21-20(17(2)3)10-9-18(4)22(21)27-23(25)26/h9-10,17,19H,5-8,11-16H2,1-4H3. The molecule has 4 heteroatoms. The summed E-state index contributed by atoms with van der Waals surface area (Å²) in [7, 11) is 0. The Morgan fingerprint density at radius 3 is 2.56 bits per heavy atom. The number of hydrogen-bond donors (Lipinski definition) is 0. The van der Waals surface area contributed by atoms with Crippen molar-refractivity contribution in [3.63, 3.8) is 0 Å². The van der Waals surface area contributed by atoms with Crippen LogP contribution in [-0.4, -0.2) is 29.1 Å². The lowest BCUT2D eigenvalue weighted by Crippen LogP contribution is -2.35. The second-order valence-electron chi connectivity index (χ2n) is 8.60. The first-order valence-electron chi connectivity index (χ1n) is 10.9. The van der Waals surface area contributed by atoms with Crippen LogP contribution in [0.4, 0.5) is 0 Å². The zero-order chi connectivity index (χ0) is 19.4. The molecule has 1 aromatic heterocycles. The summed E-state index contributed by atoms with van der Waals surface area (Å²) in [4.78, 5) is 15.0. The Bertz CT molecular complexity index is 795. The van der Waals surface area contributed by atoms with Gasteiger partial charge >= 0.3 is 5.76 Å². The quantitative estimate of drug-likeness (QED) is 0.629. The van der Waals surface area contributed by atoms with E-state index in [9.17, 15) is 4.79 Å². The second-order valence-corrected chi connectivity index (χ2v) is 8.60. The number of oxazole rings is 1. The van der Waals surface area contributed by atoms with E-state index in [4.69, 9.17) is 4.42 Å². The number of aryl methyl sites for hydroxylation is 2. The number of nitrogens with zero attached hydrogens (tertiary/aromatic N) is 2. The predicted molar refractivity (Wildman–Crippen MR) is 113 cm³/mol. The van der Waals surface area contributed by atoms with E-state index in [1.165, 1.54) is 50.8 Å². The van der Waals surface area contributed by atoms with Crippen LogP contribution in [0.1, 0.15) is 76.3 Å². The predicted octanol–water partition coefficient (Wildman–Crippen LogP) is 5.32. The van der Waals surface area contributed by atoms with Gasteiger partial charge in [-0.25, -0.2) is 4.79 Å². The van der Waals surface area contributed by atoms with Crippen molar-refractivity contribution >= 4 is 11.1 Å². The Labute approximate surface area is 163 Å².